The van der Waals surface area contributed by atoms with Gasteiger partial charge in [0.1, 0.15) is 5.65 Å². The van der Waals surface area contributed by atoms with Gasteiger partial charge in [-0.1, -0.05) is 6.07 Å². The van der Waals surface area contributed by atoms with Crippen LogP contribution >= 0.6 is 37.2 Å². The van der Waals surface area contributed by atoms with Crippen molar-refractivity contribution < 1.29 is 4.79 Å². The number of hydrogen-bond acceptors (Lipinski definition) is 4. The summed E-state index contributed by atoms with van der Waals surface area (Å²) in [5, 5.41) is 3.90. The average Bonchev–Trinajstić information content (AvgIpc) is 3.03. The van der Waals surface area contributed by atoms with E-state index in [0.29, 0.717) is 13.0 Å². The summed E-state index contributed by atoms with van der Waals surface area (Å²) in [6, 6.07) is 7.54. The summed E-state index contributed by atoms with van der Waals surface area (Å²) in [5.41, 5.74) is 8.52. The molecule has 0 aliphatic rings. The van der Waals surface area contributed by atoms with Gasteiger partial charge in [-0.3, -0.25) is 9.78 Å². The lowest BCUT2D eigenvalue weighted by atomic mass is 10.1. The number of nitrogens with two attached hydrogens (primary N) is 1. The molecule has 0 fully saturated rings. The predicted molar refractivity (Wildman–Crippen MR) is 116 cm³/mol. The molecule has 6 nitrogen and oxygen atoms in total. The average molecular weight is 431 g/mol. The third-order valence-electron chi connectivity index (χ3n) is 3.73. The first-order chi connectivity index (χ1) is 11.8. The number of rotatable bonds is 6. The molecular formula is C18H22Cl3N5O. The smallest absolute Gasteiger partial charge is 0.244 e. The van der Waals surface area contributed by atoms with E-state index in [4.69, 9.17) is 5.73 Å². The van der Waals surface area contributed by atoms with Crippen LogP contribution in [0.4, 0.5) is 0 Å². The summed E-state index contributed by atoms with van der Waals surface area (Å²) < 4.78 is 0. The molecule has 4 N–H and O–H groups in total. The van der Waals surface area contributed by atoms with Gasteiger partial charge in [-0.2, -0.15) is 0 Å². The zero-order chi connectivity index (χ0) is 16.8. The van der Waals surface area contributed by atoms with Gasteiger partial charge < -0.3 is 16.0 Å². The molecule has 0 aliphatic carbocycles. The van der Waals surface area contributed by atoms with Crippen LogP contribution in [0.3, 0.4) is 0 Å². The molecule has 3 aromatic heterocycles. The maximum atomic E-state index is 12.1. The van der Waals surface area contributed by atoms with E-state index in [1.165, 1.54) is 6.08 Å². The molecule has 0 spiro atoms. The van der Waals surface area contributed by atoms with Crippen LogP contribution < -0.4 is 11.1 Å². The lowest BCUT2D eigenvalue weighted by Gasteiger charge is -2.15. The Bertz CT molecular complexity index is 854. The molecule has 0 saturated carbocycles. The Morgan fingerprint density at radius 2 is 2.00 bits per heavy atom. The van der Waals surface area contributed by atoms with E-state index in [1.54, 1.807) is 24.7 Å². The van der Waals surface area contributed by atoms with E-state index in [9.17, 15) is 4.79 Å². The molecular weight excluding hydrogens is 409 g/mol. The van der Waals surface area contributed by atoms with Crippen LogP contribution in [0.5, 0.6) is 0 Å². The zero-order valence-corrected chi connectivity index (χ0v) is 16.8. The third kappa shape index (κ3) is 6.84. The van der Waals surface area contributed by atoms with Crippen LogP contribution in [-0.2, 0) is 11.2 Å². The highest BCUT2D eigenvalue weighted by molar-refractivity contribution is 5.95. The summed E-state index contributed by atoms with van der Waals surface area (Å²) in [5.74, 6) is -0.174. The Morgan fingerprint density at radius 3 is 2.70 bits per heavy atom. The van der Waals surface area contributed by atoms with E-state index in [-0.39, 0.29) is 49.2 Å². The highest BCUT2D eigenvalue weighted by Gasteiger charge is 2.10. The number of aromatic amines is 1. The minimum atomic E-state index is -0.174. The molecule has 0 saturated heterocycles. The van der Waals surface area contributed by atoms with E-state index < -0.39 is 0 Å². The molecule has 0 aliphatic heterocycles. The van der Waals surface area contributed by atoms with Gasteiger partial charge in [0.25, 0.3) is 0 Å². The number of halogens is 3. The second-order valence-electron chi connectivity index (χ2n) is 5.48. The Hall–Kier alpha value is -2.12. The van der Waals surface area contributed by atoms with Crippen LogP contribution in [-0.4, -0.2) is 33.4 Å². The van der Waals surface area contributed by atoms with Crippen molar-refractivity contribution in [1.82, 2.24) is 20.3 Å². The number of pyridine rings is 2. The van der Waals surface area contributed by atoms with Crippen LogP contribution in [0.1, 0.15) is 11.1 Å². The van der Waals surface area contributed by atoms with Crippen molar-refractivity contribution in [1.29, 1.82) is 0 Å². The van der Waals surface area contributed by atoms with E-state index in [2.05, 4.69) is 20.3 Å². The number of aromatic nitrogens is 3. The molecule has 3 heterocycles. The number of amides is 1. The molecule has 0 unspecified atom stereocenters. The van der Waals surface area contributed by atoms with Crippen LogP contribution in [0.2, 0.25) is 0 Å². The van der Waals surface area contributed by atoms with E-state index >= 15 is 0 Å². The third-order valence-corrected chi connectivity index (χ3v) is 3.73. The number of carbonyl (C=O) groups excluding carboxylic acids is 1. The van der Waals surface area contributed by atoms with Crippen LogP contribution in [0.15, 0.2) is 55.1 Å². The van der Waals surface area contributed by atoms with Gasteiger partial charge in [-0.15, -0.1) is 37.2 Å². The number of fused-ring (bicyclic) bond motifs is 1. The topological polar surface area (TPSA) is 96.7 Å². The molecule has 146 valence electrons. The zero-order valence-electron chi connectivity index (χ0n) is 14.4. The fourth-order valence-electron chi connectivity index (χ4n) is 2.53. The Labute approximate surface area is 176 Å². The van der Waals surface area contributed by atoms with Crippen LogP contribution in [0.25, 0.3) is 17.1 Å². The second-order valence-corrected chi connectivity index (χ2v) is 5.48. The van der Waals surface area contributed by atoms with Crippen molar-refractivity contribution in [3.05, 3.63) is 66.3 Å². The maximum Gasteiger partial charge on any atom is 0.244 e. The fraction of sp³-hybridized carbons (Fsp3) is 0.167. The molecule has 3 aromatic rings. The molecule has 0 aromatic carbocycles. The Balaban J connectivity index is 0.00000225. The van der Waals surface area contributed by atoms with Gasteiger partial charge in [0.2, 0.25) is 5.91 Å². The summed E-state index contributed by atoms with van der Waals surface area (Å²) >= 11 is 0. The number of hydrogen-bond donors (Lipinski definition) is 3. The van der Waals surface area contributed by atoms with Gasteiger partial charge >= 0.3 is 0 Å². The fourth-order valence-corrected chi connectivity index (χ4v) is 2.53. The Morgan fingerprint density at radius 1 is 1.22 bits per heavy atom. The van der Waals surface area contributed by atoms with Gasteiger partial charge in [0, 0.05) is 54.4 Å². The Kier molecular flexibility index (Phi) is 11.3. The summed E-state index contributed by atoms with van der Waals surface area (Å²) in [7, 11) is 0. The number of nitrogens with one attached hydrogen (secondary N) is 2. The highest BCUT2D eigenvalue weighted by atomic mass is 35.5. The quantitative estimate of drug-likeness (QED) is 0.524. The van der Waals surface area contributed by atoms with Crippen molar-refractivity contribution in [2.75, 3.05) is 6.54 Å². The number of nitrogens with zero attached hydrogens (tertiary/aromatic N) is 2. The summed E-state index contributed by atoms with van der Waals surface area (Å²) in [6.07, 6.45) is 11.0. The second kappa shape index (κ2) is 12.3. The lowest BCUT2D eigenvalue weighted by molar-refractivity contribution is -0.117. The molecule has 1 amide bonds. The van der Waals surface area contributed by atoms with Crippen LogP contribution in [0, 0.1) is 0 Å². The van der Waals surface area contributed by atoms with Crippen molar-refractivity contribution in [3.8, 4) is 0 Å². The monoisotopic (exact) mass is 429 g/mol. The first-order valence-electron chi connectivity index (χ1n) is 7.76. The van der Waals surface area contributed by atoms with Crippen molar-refractivity contribution in [3.63, 3.8) is 0 Å². The molecule has 1 atom stereocenters. The standard InChI is InChI=1S/C18H19N5O.3ClH/c19-10-15(9-13-3-1-7-20-11-13)23-17(24)6-5-14-12-22-18-16(14)4-2-8-21-18;;;/h1-8,11-12,15H,9-10,19H2,(H,21,22)(H,23,24);3*1H/b6-5+;;;/t15-;;;/m0.../s1. The van der Waals surface area contributed by atoms with Crippen molar-refractivity contribution in [2.24, 2.45) is 5.73 Å². The molecule has 0 radical (unpaired) electrons. The van der Waals surface area contributed by atoms with Gasteiger partial charge in [-0.25, -0.2) is 4.98 Å². The lowest BCUT2D eigenvalue weighted by Crippen LogP contribution is -2.40. The predicted octanol–water partition coefficient (Wildman–Crippen LogP) is 2.92. The van der Waals surface area contributed by atoms with E-state index in [0.717, 1.165) is 22.2 Å². The minimum absolute atomic E-state index is 0. The van der Waals surface area contributed by atoms with Crippen molar-refractivity contribution in [2.45, 2.75) is 12.5 Å². The van der Waals surface area contributed by atoms with E-state index in [1.807, 2.05) is 30.5 Å². The summed E-state index contributed by atoms with van der Waals surface area (Å²) in [4.78, 5) is 23.5. The molecule has 9 heteroatoms. The SMILES string of the molecule is Cl.Cl.Cl.NC[C@H](Cc1cccnc1)NC(=O)/C=C/c1c[nH]c2ncccc12. The van der Waals surface area contributed by atoms with Gasteiger partial charge in [0.15, 0.2) is 0 Å². The normalized spacial score (nSPS) is 11.1. The van der Waals surface area contributed by atoms with Gasteiger partial charge in [-0.05, 0) is 36.3 Å². The molecule has 3 rings (SSSR count). The largest absolute Gasteiger partial charge is 0.348 e. The van der Waals surface area contributed by atoms with Crippen molar-refractivity contribution >= 4 is 60.2 Å². The van der Waals surface area contributed by atoms with Gasteiger partial charge in [0.05, 0.1) is 0 Å². The highest BCUT2D eigenvalue weighted by Crippen LogP contribution is 2.16. The summed E-state index contributed by atoms with van der Waals surface area (Å²) in [6.45, 7) is 0.367. The molecule has 27 heavy (non-hydrogen) atoms. The number of H-pyrrole nitrogens is 1. The number of carbonyl (C=O) groups is 1. The maximum absolute atomic E-state index is 12.1. The minimum Gasteiger partial charge on any atom is -0.348 e. The molecule has 0 bridgehead atoms. The first kappa shape index (κ1) is 24.9. The first-order valence-corrected chi connectivity index (χ1v) is 7.76.